The van der Waals surface area contributed by atoms with Crippen LogP contribution in [0.25, 0.3) is 0 Å². The maximum atomic E-state index is 12.2. The number of nitrogens with two attached hydrogens (primary N) is 1. The predicted molar refractivity (Wildman–Crippen MR) is 75.4 cm³/mol. The molecule has 0 spiro atoms. The number of carbonyl (C=O) groups is 1. The van der Waals surface area contributed by atoms with Crippen LogP contribution in [-0.4, -0.2) is 37.7 Å². The molecular formula is C14H21N3O2. The van der Waals surface area contributed by atoms with Gasteiger partial charge in [0.25, 0.3) is 0 Å². The normalized spacial score (nSPS) is 22.4. The highest BCUT2D eigenvalue weighted by molar-refractivity contribution is 5.91. The molecule has 1 heterocycles. The van der Waals surface area contributed by atoms with Crippen LogP contribution < -0.4 is 15.8 Å². The van der Waals surface area contributed by atoms with Gasteiger partial charge in [-0.2, -0.15) is 0 Å². The molecule has 0 aliphatic carbocycles. The third kappa shape index (κ3) is 2.98. The van der Waals surface area contributed by atoms with E-state index in [1.165, 1.54) is 0 Å². The standard InChI is InChI=1S/C14H21N3O2/c1-14(9-15)7-8-17(10-14)13(18)16-11-5-3-4-6-12(11)19-2/h3-6H,7-10,15H2,1-2H3,(H,16,18). The van der Waals surface area contributed by atoms with Gasteiger partial charge in [0.15, 0.2) is 0 Å². The number of nitrogens with one attached hydrogen (secondary N) is 1. The Bertz CT molecular complexity index is 464. The van der Waals surface area contributed by atoms with Crippen molar-refractivity contribution in [3.05, 3.63) is 24.3 Å². The van der Waals surface area contributed by atoms with Crippen molar-refractivity contribution in [3.63, 3.8) is 0 Å². The van der Waals surface area contributed by atoms with Gasteiger partial charge in [0.1, 0.15) is 5.75 Å². The molecule has 0 bridgehead atoms. The maximum absolute atomic E-state index is 12.2. The summed E-state index contributed by atoms with van der Waals surface area (Å²) >= 11 is 0. The number of rotatable bonds is 3. The minimum absolute atomic E-state index is 0.0398. The molecule has 5 heteroatoms. The number of urea groups is 1. The van der Waals surface area contributed by atoms with Gasteiger partial charge in [-0.1, -0.05) is 19.1 Å². The van der Waals surface area contributed by atoms with E-state index in [2.05, 4.69) is 12.2 Å². The summed E-state index contributed by atoms with van der Waals surface area (Å²) in [6.45, 7) is 4.16. The van der Waals surface area contributed by atoms with Gasteiger partial charge in [-0.25, -0.2) is 4.79 Å². The SMILES string of the molecule is COc1ccccc1NC(=O)N1CCC(C)(CN)C1. The zero-order valence-corrected chi connectivity index (χ0v) is 11.5. The number of nitrogens with zero attached hydrogens (tertiary/aromatic N) is 1. The highest BCUT2D eigenvalue weighted by atomic mass is 16.5. The van der Waals surface area contributed by atoms with E-state index in [1.807, 2.05) is 24.3 Å². The topological polar surface area (TPSA) is 67.6 Å². The molecule has 5 nitrogen and oxygen atoms in total. The summed E-state index contributed by atoms with van der Waals surface area (Å²) in [6, 6.07) is 7.29. The Balaban J connectivity index is 2.02. The first-order valence-electron chi connectivity index (χ1n) is 6.47. The zero-order valence-electron chi connectivity index (χ0n) is 11.5. The summed E-state index contributed by atoms with van der Waals surface area (Å²) in [5.74, 6) is 0.664. The van der Waals surface area contributed by atoms with Gasteiger partial charge in [0.2, 0.25) is 0 Å². The molecule has 2 rings (SSSR count). The molecule has 1 fully saturated rings. The number of carbonyl (C=O) groups excluding carboxylic acids is 1. The van der Waals surface area contributed by atoms with Gasteiger partial charge < -0.3 is 20.7 Å². The number of anilines is 1. The Hall–Kier alpha value is -1.75. The largest absolute Gasteiger partial charge is 0.495 e. The van der Waals surface area contributed by atoms with Crippen LogP contribution in [0.4, 0.5) is 10.5 Å². The lowest BCUT2D eigenvalue weighted by molar-refractivity contribution is 0.215. The lowest BCUT2D eigenvalue weighted by atomic mass is 9.90. The highest BCUT2D eigenvalue weighted by Gasteiger charge is 2.34. The third-order valence-electron chi connectivity index (χ3n) is 3.69. The van der Waals surface area contributed by atoms with Crippen molar-refractivity contribution >= 4 is 11.7 Å². The van der Waals surface area contributed by atoms with Crippen molar-refractivity contribution in [3.8, 4) is 5.75 Å². The lowest BCUT2D eigenvalue weighted by Gasteiger charge is -2.23. The number of likely N-dealkylation sites (tertiary alicyclic amines) is 1. The van der Waals surface area contributed by atoms with Crippen LogP contribution in [0.5, 0.6) is 5.75 Å². The van der Waals surface area contributed by atoms with Gasteiger partial charge in [-0.3, -0.25) is 0 Å². The second-order valence-corrected chi connectivity index (χ2v) is 5.32. The number of hydrogen-bond donors (Lipinski definition) is 2. The van der Waals surface area contributed by atoms with Crippen molar-refractivity contribution < 1.29 is 9.53 Å². The Morgan fingerprint density at radius 1 is 1.53 bits per heavy atom. The van der Waals surface area contributed by atoms with Crippen LogP contribution in [0.1, 0.15) is 13.3 Å². The molecule has 1 aromatic carbocycles. The maximum Gasteiger partial charge on any atom is 0.321 e. The second kappa shape index (κ2) is 5.48. The number of benzene rings is 1. The molecule has 0 aromatic heterocycles. The van der Waals surface area contributed by atoms with Gasteiger partial charge in [-0.05, 0) is 30.5 Å². The number of hydrogen-bond acceptors (Lipinski definition) is 3. The molecule has 1 aliphatic heterocycles. The molecule has 104 valence electrons. The smallest absolute Gasteiger partial charge is 0.321 e. The Morgan fingerprint density at radius 3 is 2.89 bits per heavy atom. The molecule has 0 saturated carbocycles. The summed E-state index contributed by atoms with van der Waals surface area (Å²) in [5, 5.41) is 2.89. The summed E-state index contributed by atoms with van der Waals surface area (Å²) in [5.41, 5.74) is 6.48. The fourth-order valence-corrected chi connectivity index (χ4v) is 2.31. The van der Waals surface area contributed by atoms with E-state index in [0.29, 0.717) is 24.5 Å². The summed E-state index contributed by atoms with van der Waals surface area (Å²) in [7, 11) is 1.59. The summed E-state index contributed by atoms with van der Waals surface area (Å²) in [4.78, 5) is 14.0. The predicted octanol–water partition coefficient (Wildman–Crippen LogP) is 1.90. The van der Waals surface area contributed by atoms with Crippen molar-refractivity contribution in [2.75, 3.05) is 32.1 Å². The highest BCUT2D eigenvalue weighted by Crippen LogP contribution is 2.30. The van der Waals surface area contributed by atoms with Crippen LogP contribution in [0.3, 0.4) is 0 Å². The van der Waals surface area contributed by atoms with Crippen LogP contribution in [0.2, 0.25) is 0 Å². The molecule has 1 unspecified atom stereocenters. The Labute approximate surface area is 113 Å². The fraction of sp³-hybridized carbons (Fsp3) is 0.500. The van der Waals surface area contributed by atoms with Crippen molar-refractivity contribution in [2.45, 2.75) is 13.3 Å². The van der Waals surface area contributed by atoms with Crippen LogP contribution in [0.15, 0.2) is 24.3 Å². The molecule has 1 saturated heterocycles. The lowest BCUT2D eigenvalue weighted by Crippen LogP contribution is -2.36. The quantitative estimate of drug-likeness (QED) is 0.875. The molecule has 1 aromatic rings. The first-order chi connectivity index (χ1) is 9.08. The monoisotopic (exact) mass is 263 g/mol. The Morgan fingerprint density at radius 2 is 2.26 bits per heavy atom. The van der Waals surface area contributed by atoms with E-state index in [9.17, 15) is 4.79 Å². The van der Waals surface area contributed by atoms with E-state index in [-0.39, 0.29) is 11.4 Å². The van der Waals surface area contributed by atoms with Gasteiger partial charge >= 0.3 is 6.03 Å². The van der Waals surface area contributed by atoms with Crippen molar-refractivity contribution in [2.24, 2.45) is 11.1 Å². The van der Waals surface area contributed by atoms with Crippen LogP contribution in [0, 0.1) is 5.41 Å². The third-order valence-corrected chi connectivity index (χ3v) is 3.69. The number of amides is 2. The van der Waals surface area contributed by atoms with Gasteiger partial charge in [0, 0.05) is 13.1 Å². The van der Waals surface area contributed by atoms with E-state index < -0.39 is 0 Å². The number of para-hydroxylation sites is 2. The van der Waals surface area contributed by atoms with E-state index in [4.69, 9.17) is 10.5 Å². The first-order valence-corrected chi connectivity index (χ1v) is 6.47. The average molecular weight is 263 g/mol. The minimum atomic E-state index is -0.0957. The first kappa shape index (κ1) is 13.7. The van der Waals surface area contributed by atoms with Crippen molar-refractivity contribution in [1.29, 1.82) is 0 Å². The molecule has 3 N–H and O–H groups in total. The molecule has 2 amide bonds. The van der Waals surface area contributed by atoms with Gasteiger partial charge in [0.05, 0.1) is 12.8 Å². The fourth-order valence-electron chi connectivity index (χ4n) is 2.31. The number of methoxy groups -OCH3 is 1. The Kier molecular flexibility index (Phi) is 3.95. The summed E-state index contributed by atoms with van der Waals surface area (Å²) < 4.78 is 5.22. The van der Waals surface area contributed by atoms with E-state index >= 15 is 0 Å². The zero-order chi connectivity index (χ0) is 13.9. The molecule has 19 heavy (non-hydrogen) atoms. The van der Waals surface area contributed by atoms with E-state index in [1.54, 1.807) is 12.0 Å². The molecule has 1 aliphatic rings. The molecule has 0 radical (unpaired) electrons. The molecular weight excluding hydrogens is 242 g/mol. The van der Waals surface area contributed by atoms with Crippen LogP contribution >= 0.6 is 0 Å². The average Bonchev–Trinajstić information content (AvgIpc) is 2.83. The van der Waals surface area contributed by atoms with Crippen molar-refractivity contribution in [1.82, 2.24) is 4.90 Å². The van der Waals surface area contributed by atoms with Gasteiger partial charge in [-0.15, -0.1) is 0 Å². The molecule has 1 atom stereocenters. The minimum Gasteiger partial charge on any atom is -0.495 e. The second-order valence-electron chi connectivity index (χ2n) is 5.32. The summed E-state index contributed by atoms with van der Waals surface area (Å²) in [6.07, 6.45) is 0.947. The number of ether oxygens (including phenoxy) is 1. The van der Waals surface area contributed by atoms with E-state index in [0.717, 1.165) is 13.0 Å². The van der Waals surface area contributed by atoms with Crippen LogP contribution in [-0.2, 0) is 0 Å².